The molecule has 5 nitrogen and oxygen atoms in total. The van der Waals surface area contributed by atoms with Crippen molar-refractivity contribution in [3.8, 4) is 17.3 Å². The van der Waals surface area contributed by atoms with Crippen molar-refractivity contribution in [1.29, 1.82) is 5.26 Å². The highest BCUT2D eigenvalue weighted by Crippen LogP contribution is 2.28. The highest BCUT2D eigenvalue weighted by molar-refractivity contribution is 7.93. The molecule has 2 rings (SSSR count). The second-order valence-electron chi connectivity index (χ2n) is 5.24. The van der Waals surface area contributed by atoms with Gasteiger partial charge in [0, 0.05) is 23.0 Å². The van der Waals surface area contributed by atoms with E-state index in [1.165, 1.54) is 19.9 Å². The molecule has 1 heterocycles. The van der Waals surface area contributed by atoms with Crippen molar-refractivity contribution in [3.63, 3.8) is 0 Å². The Balaban J connectivity index is 2.39. The topological polar surface area (TPSA) is 85.8 Å². The molecule has 1 aromatic heterocycles. The quantitative estimate of drug-likeness (QED) is 0.877. The van der Waals surface area contributed by atoms with Gasteiger partial charge in [-0.2, -0.15) is 5.26 Å². The van der Waals surface area contributed by atoms with Crippen LogP contribution < -0.4 is 4.72 Å². The van der Waals surface area contributed by atoms with Crippen LogP contribution in [-0.2, 0) is 16.4 Å². The molecule has 122 valence electrons. The van der Waals surface area contributed by atoms with Gasteiger partial charge in [0.25, 0.3) is 0 Å². The van der Waals surface area contributed by atoms with Crippen LogP contribution >= 0.6 is 0 Å². The molecular formula is C15H15F2N3O2S. The number of halogens is 2. The molecule has 0 spiro atoms. The number of H-pyrrole nitrogens is 1. The molecule has 2 N–H and O–H groups in total. The molecule has 0 aliphatic carbocycles. The highest BCUT2D eigenvalue weighted by Gasteiger charge is 2.20. The third-order valence-corrected chi connectivity index (χ3v) is 4.98. The number of hydrogen-bond donors (Lipinski definition) is 2. The lowest BCUT2D eigenvalue weighted by Crippen LogP contribution is -2.23. The van der Waals surface area contributed by atoms with Crippen molar-refractivity contribution in [3.05, 3.63) is 41.6 Å². The van der Waals surface area contributed by atoms with Crippen LogP contribution in [0.4, 0.5) is 14.5 Å². The zero-order valence-electron chi connectivity index (χ0n) is 12.5. The zero-order chi connectivity index (χ0) is 17.2. The number of sulfonamides is 1. The van der Waals surface area contributed by atoms with Crippen molar-refractivity contribution < 1.29 is 17.2 Å². The fourth-order valence-corrected chi connectivity index (χ4v) is 2.59. The first-order valence-corrected chi connectivity index (χ1v) is 8.35. The summed E-state index contributed by atoms with van der Waals surface area (Å²) in [6.07, 6.45) is 0.121. The van der Waals surface area contributed by atoms with Crippen molar-refractivity contribution in [1.82, 2.24) is 4.98 Å². The van der Waals surface area contributed by atoms with Gasteiger partial charge in [0.15, 0.2) is 0 Å². The van der Waals surface area contributed by atoms with Gasteiger partial charge in [0.2, 0.25) is 10.0 Å². The monoisotopic (exact) mass is 339 g/mol. The molecule has 0 unspecified atom stereocenters. The summed E-state index contributed by atoms with van der Waals surface area (Å²) in [5.74, 6) is -1.67. The third kappa shape index (κ3) is 3.68. The number of aromatic amines is 1. The van der Waals surface area contributed by atoms with E-state index in [0.717, 1.165) is 12.1 Å². The van der Waals surface area contributed by atoms with Crippen LogP contribution in [0.1, 0.15) is 19.5 Å². The van der Waals surface area contributed by atoms with Gasteiger partial charge >= 0.3 is 0 Å². The minimum Gasteiger partial charge on any atom is -0.357 e. The minimum atomic E-state index is -3.77. The number of benzene rings is 1. The Labute approximate surface area is 133 Å². The Kier molecular flexibility index (Phi) is 4.71. The average molecular weight is 339 g/mol. The maximum absolute atomic E-state index is 14.2. The fourth-order valence-electron chi connectivity index (χ4n) is 1.89. The predicted molar refractivity (Wildman–Crippen MR) is 83.1 cm³/mol. The first-order valence-electron chi connectivity index (χ1n) is 6.80. The molecule has 0 saturated carbocycles. The largest absolute Gasteiger partial charge is 0.357 e. The van der Waals surface area contributed by atoms with Gasteiger partial charge in [0.1, 0.15) is 11.6 Å². The molecule has 1 aromatic carbocycles. The predicted octanol–water partition coefficient (Wildman–Crippen LogP) is 3.18. The van der Waals surface area contributed by atoms with Crippen molar-refractivity contribution in [2.24, 2.45) is 0 Å². The normalized spacial score (nSPS) is 11.5. The Morgan fingerprint density at radius 2 is 1.96 bits per heavy atom. The van der Waals surface area contributed by atoms with E-state index in [1.54, 1.807) is 6.07 Å². The Hall–Kier alpha value is -2.40. The second-order valence-corrected chi connectivity index (χ2v) is 7.48. The molecule has 0 fully saturated rings. The lowest BCUT2D eigenvalue weighted by Gasteiger charge is -2.12. The Morgan fingerprint density at radius 1 is 1.26 bits per heavy atom. The van der Waals surface area contributed by atoms with Gasteiger partial charge in [-0.05, 0) is 32.0 Å². The number of aromatic nitrogens is 1. The van der Waals surface area contributed by atoms with Gasteiger partial charge < -0.3 is 4.98 Å². The number of anilines is 1. The molecule has 0 aliphatic rings. The van der Waals surface area contributed by atoms with E-state index in [4.69, 9.17) is 5.26 Å². The maximum atomic E-state index is 14.2. The van der Waals surface area contributed by atoms with E-state index in [2.05, 4.69) is 4.98 Å². The van der Waals surface area contributed by atoms with Gasteiger partial charge in [0.05, 0.1) is 23.4 Å². The summed E-state index contributed by atoms with van der Waals surface area (Å²) in [5, 5.41) is 7.84. The summed E-state index contributed by atoms with van der Waals surface area (Å²) < 4.78 is 53.9. The van der Waals surface area contributed by atoms with Gasteiger partial charge in [-0.25, -0.2) is 17.2 Å². The summed E-state index contributed by atoms with van der Waals surface area (Å²) in [7, 11) is -3.77. The van der Waals surface area contributed by atoms with E-state index in [1.807, 2.05) is 10.8 Å². The first kappa shape index (κ1) is 17.0. The van der Waals surface area contributed by atoms with Gasteiger partial charge in [-0.15, -0.1) is 0 Å². The molecule has 0 radical (unpaired) electrons. The lowest BCUT2D eigenvalue weighted by atomic mass is 10.1. The third-order valence-electron chi connectivity index (χ3n) is 3.24. The standard InChI is InChI=1S/C15H15F2N3O2S/c1-9(2)23(21,22)20-15-8-12(16)11(7-13(15)17)14-4-3-10(19-14)5-6-18/h3-4,7-9,19-20H,5H2,1-2H3. The van der Waals surface area contributed by atoms with Crippen LogP contribution in [0.5, 0.6) is 0 Å². The van der Waals surface area contributed by atoms with Crippen LogP contribution in [0, 0.1) is 23.0 Å². The molecule has 8 heteroatoms. The molecule has 0 aliphatic heterocycles. The molecule has 0 bridgehead atoms. The number of nitrogens with zero attached hydrogens (tertiary/aromatic N) is 1. The van der Waals surface area contributed by atoms with E-state index in [0.29, 0.717) is 11.4 Å². The molecule has 23 heavy (non-hydrogen) atoms. The number of nitrogens with one attached hydrogen (secondary N) is 2. The maximum Gasteiger partial charge on any atom is 0.235 e. The molecular weight excluding hydrogens is 324 g/mol. The average Bonchev–Trinajstić information content (AvgIpc) is 2.91. The molecule has 2 aromatic rings. The minimum absolute atomic E-state index is 0.0424. The van der Waals surface area contributed by atoms with E-state index in [9.17, 15) is 17.2 Å². The second kappa shape index (κ2) is 6.38. The van der Waals surface area contributed by atoms with E-state index < -0.39 is 32.6 Å². The Morgan fingerprint density at radius 3 is 2.57 bits per heavy atom. The van der Waals surface area contributed by atoms with Crippen molar-refractivity contribution >= 4 is 15.7 Å². The fraction of sp³-hybridized carbons (Fsp3) is 0.267. The number of nitriles is 1. The van der Waals surface area contributed by atoms with Gasteiger partial charge in [-0.3, -0.25) is 4.72 Å². The lowest BCUT2D eigenvalue weighted by molar-refractivity contribution is 0.588. The number of hydrogen-bond acceptors (Lipinski definition) is 3. The summed E-state index contributed by atoms with van der Waals surface area (Å²) in [6, 6.07) is 6.79. The smallest absolute Gasteiger partial charge is 0.235 e. The van der Waals surface area contributed by atoms with Crippen molar-refractivity contribution in [2.75, 3.05) is 4.72 Å². The SMILES string of the molecule is CC(C)S(=O)(=O)Nc1cc(F)c(-c2ccc(CC#N)[nH]2)cc1F. The van der Waals surface area contributed by atoms with Crippen molar-refractivity contribution in [2.45, 2.75) is 25.5 Å². The molecule has 0 amide bonds. The summed E-state index contributed by atoms with van der Waals surface area (Å²) in [5.41, 5.74) is 0.403. The first-order chi connectivity index (χ1) is 10.7. The summed E-state index contributed by atoms with van der Waals surface area (Å²) in [6.45, 7) is 2.86. The van der Waals surface area contributed by atoms with E-state index in [-0.39, 0.29) is 12.0 Å². The highest BCUT2D eigenvalue weighted by atomic mass is 32.2. The molecule has 0 saturated heterocycles. The van der Waals surface area contributed by atoms with Crippen LogP contribution in [0.25, 0.3) is 11.3 Å². The molecule has 0 atom stereocenters. The van der Waals surface area contributed by atoms with Gasteiger partial charge in [-0.1, -0.05) is 0 Å². The summed E-state index contributed by atoms with van der Waals surface area (Å²) in [4.78, 5) is 2.82. The van der Waals surface area contributed by atoms with Crippen LogP contribution in [0.15, 0.2) is 24.3 Å². The van der Waals surface area contributed by atoms with Crippen LogP contribution in [-0.4, -0.2) is 18.7 Å². The van der Waals surface area contributed by atoms with Crippen LogP contribution in [0.2, 0.25) is 0 Å². The van der Waals surface area contributed by atoms with Crippen LogP contribution in [0.3, 0.4) is 0 Å². The number of rotatable bonds is 5. The zero-order valence-corrected chi connectivity index (χ0v) is 13.3. The Bertz CT molecular complexity index is 867. The van der Waals surface area contributed by atoms with E-state index >= 15 is 0 Å². The summed E-state index contributed by atoms with van der Waals surface area (Å²) >= 11 is 0.